The molecule has 57 heavy (non-hydrogen) atoms. The van der Waals surface area contributed by atoms with Gasteiger partial charge in [-0.15, -0.1) is 0 Å². The number of nitrogens with zero attached hydrogens (tertiary/aromatic N) is 1. The number of carbonyl (C=O) groups is 1. The van der Waals surface area contributed by atoms with E-state index in [2.05, 4.69) is 0 Å². The fourth-order valence-corrected chi connectivity index (χ4v) is 7.77. The van der Waals surface area contributed by atoms with Crippen LogP contribution in [0.2, 0.25) is 0 Å². The smallest absolute Gasteiger partial charge is 0.270 e. The minimum atomic E-state index is -0.431. The number of fused-ring (bicyclic) bond motifs is 8. The van der Waals surface area contributed by atoms with Crippen LogP contribution in [0.4, 0.5) is 5.69 Å². The Morgan fingerprint density at radius 1 is 0.632 bits per heavy atom. The Kier molecular flexibility index (Phi) is 11.7. The first-order valence-corrected chi connectivity index (χ1v) is 19.6. The average Bonchev–Trinajstić information content (AvgIpc) is 3.54. The Hall–Kier alpha value is -6.35. The first-order valence-electron chi connectivity index (χ1n) is 19.6. The van der Waals surface area contributed by atoms with Gasteiger partial charge in [-0.1, -0.05) is 62.4 Å². The molecule has 0 spiro atoms. The third-order valence-electron chi connectivity index (χ3n) is 10.6. The maximum Gasteiger partial charge on any atom is 0.270 e. The maximum atomic E-state index is 13.8. The fourth-order valence-electron chi connectivity index (χ4n) is 7.77. The third kappa shape index (κ3) is 8.58. The number of nitro benzene ring substituents is 1. The number of hydrogen-bond acceptors (Lipinski definition) is 8. The number of carbonyl (C=O) groups excluding carboxylic acids is 1. The molecular weight excluding hydrogens is 719 g/mol. The number of phenolic OH excluding ortho intramolecular Hbond substituents is 2. The molecule has 2 aliphatic carbocycles. The predicted octanol–water partition coefficient (Wildman–Crippen LogP) is 10.1. The van der Waals surface area contributed by atoms with Crippen molar-refractivity contribution in [1.29, 1.82) is 0 Å². The summed E-state index contributed by atoms with van der Waals surface area (Å²) in [6.45, 7) is 4.90. The lowest BCUT2D eigenvalue weighted by Gasteiger charge is -2.21. The molecule has 7 rings (SSSR count). The van der Waals surface area contributed by atoms with Gasteiger partial charge in [0, 0.05) is 60.1 Å². The number of ketones is 1. The summed E-state index contributed by atoms with van der Waals surface area (Å²) in [5, 5.41) is 36.0. The SMILES string of the molecule is CCCOc1c2cccc1Cc1cc([N+](=O)[O-])cc(c1O)Cc1cccc(c1OCCC)Cc1cc(/C=C3/CC/C(=C\c4ccc(OC)cc4)C3=O)cc(c1O)C2. The van der Waals surface area contributed by atoms with Crippen molar-refractivity contribution in [3.63, 3.8) is 0 Å². The number of rotatable bonds is 10. The van der Waals surface area contributed by atoms with Gasteiger partial charge in [-0.25, -0.2) is 0 Å². The van der Waals surface area contributed by atoms with Crippen molar-refractivity contribution in [3.8, 4) is 28.7 Å². The van der Waals surface area contributed by atoms with Crippen molar-refractivity contribution in [2.24, 2.45) is 0 Å². The fraction of sp³-hybridized carbons (Fsp3) is 0.271. The van der Waals surface area contributed by atoms with Crippen molar-refractivity contribution in [2.75, 3.05) is 20.3 Å². The zero-order valence-corrected chi connectivity index (χ0v) is 32.6. The van der Waals surface area contributed by atoms with Gasteiger partial charge in [-0.3, -0.25) is 14.9 Å². The second-order valence-corrected chi connectivity index (χ2v) is 14.7. The molecule has 2 N–H and O–H groups in total. The van der Waals surface area contributed by atoms with Gasteiger partial charge in [0.2, 0.25) is 0 Å². The molecule has 1 saturated carbocycles. The molecule has 9 heteroatoms. The number of allylic oxidation sites excluding steroid dienone is 2. The number of ether oxygens (including phenoxy) is 3. The van der Waals surface area contributed by atoms with Crippen LogP contribution in [-0.2, 0) is 30.5 Å². The van der Waals surface area contributed by atoms with Crippen molar-refractivity contribution in [2.45, 2.75) is 65.2 Å². The Bertz CT molecular complexity index is 2290. The van der Waals surface area contributed by atoms with Crippen LogP contribution in [0, 0.1) is 10.1 Å². The van der Waals surface area contributed by atoms with Crippen LogP contribution >= 0.6 is 0 Å². The summed E-state index contributed by atoms with van der Waals surface area (Å²) in [4.78, 5) is 25.5. The highest BCUT2D eigenvalue weighted by Gasteiger charge is 2.25. The molecule has 2 aliphatic rings. The number of hydrogen-bond donors (Lipinski definition) is 2. The Morgan fingerprint density at radius 2 is 1.05 bits per heavy atom. The van der Waals surface area contributed by atoms with E-state index < -0.39 is 4.92 Å². The molecule has 5 aromatic rings. The summed E-state index contributed by atoms with van der Waals surface area (Å²) in [6.07, 6.45) is 7.61. The van der Waals surface area contributed by atoms with Gasteiger partial charge in [0.25, 0.3) is 5.69 Å². The minimum Gasteiger partial charge on any atom is -0.507 e. The first-order chi connectivity index (χ1) is 27.6. The van der Waals surface area contributed by atoms with E-state index in [-0.39, 0.29) is 35.8 Å². The molecule has 0 heterocycles. The summed E-state index contributed by atoms with van der Waals surface area (Å²) in [5.41, 5.74) is 8.40. The summed E-state index contributed by atoms with van der Waals surface area (Å²) in [6, 6.07) is 25.9. The highest BCUT2D eigenvalue weighted by Crippen LogP contribution is 2.40. The van der Waals surface area contributed by atoms with Crippen molar-refractivity contribution >= 4 is 23.6 Å². The number of benzene rings is 5. The van der Waals surface area contributed by atoms with Gasteiger partial charge in [0.1, 0.15) is 28.7 Å². The Labute approximate surface area is 333 Å². The van der Waals surface area contributed by atoms with E-state index in [4.69, 9.17) is 14.2 Å². The highest BCUT2D eigenvalue weighted by molar-refractivity contribution is 6.15. The van der Waals surface area contributed by atoms with Gasteiger partial charge in [0.15, 0.2) is 5.78 Å². The van der Waals surface area contributed by atoms with Crippen molar-refractivity contribution in [1.82, 2.24) is 0 Å². The van der Waals surface area contributed by atoms with Gasteiger partial charge < -0.3 is 24.4 Å². The number of Topliss-reactive ketones (excluding diaryl/α,β-unsaturated/α-hetero) is 1. The molecule has 0 unspecified atom stereocenters. The van der Waals surface area contributed by atoms with E-state index in [1.165, 1.54) is 12.1 Å². The van der Waals surface area contributed by atoms with Gasteiger partial charge in [-0.05, 0) is 107 Å². The molecule has 0 aromatic heterocycles. The first kappa shape index (κ1) is 38.9. The maximum absolute atomic E-state index is 13.8. The van der Waals surface area contributed by atoms with Crippen LogP contribution in [0.1, 0.15) is 95.2 Å². The van der Waals surface area contributed by atoms with E-state index >= 15 is 0 Å². The number of methoxy groups -OCH3 is 1. The van der Waals surface area contributed by atoms with Crippen LogP contribution in [0.5, 0.6) is 28.7 Å². The molecule has 8 bridgehead atoms. The molecule has 0 aliphatic heterocycles. The van der Waals surface area contributed by atoms with Crippen molar-refractivity contribution < 1.29 is 34.1 Å². The zero-order chi connectivity index (χ0) is 40.1. The molecule has 1 fully saturated rings. The van der Waals surface area contributed by atoms with Gasteiger partial charge in [0.05, 0.1) is 25.2 Å². The Morgan fingerprint density at radius 3 is 1.46 bits per heavy atom. The third-order valence-corrected chi connectivity index (χ3v) is 10.6. The number of nitro groups is 1. The van der Waals surface area contributed by atoms with E-state index in [9.17, 15) is 25.1 Å². The van der Waals surface area contributed by atoms with E-state index in [1.54, 1.807) is 7.11 Å². The summed E-state index contributed by atoms with van der Waals surface area (Å²) in [5.74, 6) is 2.14. The second kappa shape index (κ2) is 17.2. The monoisotopic (exact) mass is 765 g/mol. The molecule has 292 valence electrons. The molecule has 0 atom stereocenters. The van der Waals surface area contributed by atoms with Crippen LogP contribution in [0.15, 0.2) is 96.1 Å². The largest absolute Gasteiger partial charge is 0.507 e. The zero-order valence-electron chi connectivity index (χ0n) is 32.6. The lowest BCUT2D eigenvalue weighted by atomic mass is 9.90. The number of non-ortho nitro benzene ring substituents is 1. The average molecular weight is 766 g/mol. The number of para-hydroxylation sites is 2. The molecule has 0 amide bonds. The van der Waals surface area contributed by atoms with Gasteiger partial charge in [-0.2, -0.15) is 0 Å². The van der Waals surface area contributed by atoms with E-state index in [0.717, 1.165) is 57.5 Å². The molecule has 9 nitrogen and oxygen atoms in total. The predicted molar refractivity (Wildman–Crippen MR) is 222 cm³/mol. The van der Waals surface area contributed by atoms with Crippen LogP contribution in [-0.4, -0.2) is 41.2 Å². The van der Waals surface area contributed by atoms with E-state index in [0.29, 0.717) is 78.2 Å². The molecular formula is C48H47NO8. The van der Waals surface area contributed by atoms with Gasteiger partial charge >= 0.3 is 0 Å². The minimum absolute atomic E-state index is 0.00427. The lowest BCUT2D eigenvalue weighted by Crippen LogP contribution is -2.07. The summed E-state index contributed by atoms with van der Waals surface area (Å²) in [7, 11) is 1.62. The standard InChI is InChI=1S/C48H47NO8/c1-4-18-56-47-34-8-6-10-36(47)26-40-28-42(49(53)54)29-41(46(40)52)27-37-11-7-9-35(48(37)57-19-5-2)25-39-23-31(22-38(24-34)45(39)51)21-33-15-14-32(44(33)50)20-30-12-16-43(55-3)17-13-30/h6-13,16-17,20-23,28-29,51-52H,4-5,14-15,18-19,24-27H2,1-3H3/b32-20+,33-21-. The van der Waals surface area contributed by atoms with Crippen molar-refractivity contribution in [3.05, 3.63) is 162 Å². The lowest BCUT2D eigenvalue weighted by molar-refractivity contribution is -0.385. The summed E-state index contributed by atoms with van der Waals surface area (Å²) >= 11 is 0. The topological polar surface area (TPSA) is 128 Å². The normalized spacial score (nSPS) is 15.2. The number of phenols is 2. The van der Waals surface area contributed by atoms with Crippen LogP contribution in [0.25, 0.3) is 12.2 Å². The van der Waals surface area contributed by atoms with Crippen LogP contribution < -0.4 is 14.2 Å². The quantitative estimate of drug-likeness (QED) is 0.0801. The number of aromatic hydroxyl groups is 2. The highest BCUT2D eigenvalue weighted by atomic mass is 16.6. The molecule has 0 saturated heterocycles. The van der Waals surface area contributed by atoms with Crippen LogP contribution in [0.3, 0.4) is 0 Å². The second-order valence-electron chi connectivity index (χ2n) is 14.7. The summed E-state index contributed by atoms with van der Waals surface area (Å²) < 4.78 is 18.1. The molecule has 0 radical (unpaired) electrons. The molecule has 5 aromatic carbocycles. The van der Waals surface area contributed by atoms with E-state index in [1.807, 2.05) is 98.8 Å². The Balaban J connectivity index is 1.38.